The number of piperidine rings is 1. The van der Waals surface area contributed by atoms with E-state index >= 15 is 0 Å². The van der Waals surface area contributed by atoms with Crippen LogP contribution in [-0.4, -0.2) is 38.5 Å². The van der Waals surface area contributed by atoms with E-state index in [1.54, 1.807) is 30.3 Å². The summed E-state index contributed by atoms with van der Waals surface area (Å²) in [5.74, 6) is 0.875. The zero-order valence-electron chi connectivity index (χ0n) is 15.3. The van der Waals surface area contributed by atoms with Gasteiger partial charge in [-0.3, -0.25) is 4.79 Å². The Kier molecular flexibility index (Phi) is 5.23. The molecule has 2 heterocycles. The highest BCUT2D eigenvalue weighted by atomic mass is 32.2. The number of fused-ring (bicyclic) bond motifs is 1. The lowest BCUT2D eigenvalue weighted by atomic mass is 9.98. The topological polar surface area (TPSA) is 84.9 Å². The first-order chi connectivity index (χ1) is 13.5. The van der Waals surface area contributed by atoms with Crippen molar-refractivity contribution in [3.05, 3.63) is 54.1 Å². The second-order valence-electron chi connectivity index (χ2n) is 6.92. The number of carbonyl (C=O) groups excluding carboxylic acids is 1. The Morgan fingerprint density at radius 3 is 2.71 bits per heavy atom. The summed E-state index contributed by atoms with van der Waals surface area (Å²) in [5.41, 5.74) is 0.905. The van der Waals surface area contributed by atoms with E-state index in [2.05, 4.69) is 5.32 Å². The Balaban J connectivity index is 1.38. The Morgan fingerprint density at radius 1 is 1.11 bits per heavy atom. The van der Waals surface area contributed by atoms with Gasteiger partial charge in [-0.2, -0.15) is 4.31 Å². The summed E-state index contributed by atoms with van der Waals surface area (Å²) in [5, 5.41) is 2.91. The number of nitrogens with one attached hydrogen (secondary N) is 1. The fourth-order valence-corrected chi connectivity index (χ4v) is 5.05. The standard InChI is InChI=1S/C20H22N2O5S/c23-20(21-12-15-8-9-18-19(11-15)27-14-26-18)16-5-4-10-22(13-16)28(24,25)17-6-2-1-3-7-17/h1-3,6-9,11,16H,4-5,10,12-14H2,(H,21,23)/t16-/m0/s1. The Bertz CT molecular complexity index is 962. The minimum atomic E-state index is -3.58. The van der Waals surface area contributed by atoms with E-state index in [9.17, 15) is 13.2 Å². The van der Waals surface area contributed by atoms with Crippen LogP contribution in [0.5, 0.6) is 11.5 Å². The molecule has 0 spiro atoms. The molecule has 4 rings (SSSR count). The third kappa shape index (κ3) is 3.83. The number of hydrogen-bond acceptors (Lipinski definition) is 5. The normalized spacial score (nSPS) is 19.4. The zero-order valence-corrected chi connectivity index (χ0v) is 16.2. The smallest absolute Gasteiger partial charge is 0.243 e. The molecule has 0 unspecified atom stereocenters. The van der Waals surface area contributed by atoms with Crippen LogP contribution >= 0.6 is 0 Å². The maximum absolute atomic E-state index is 12.8. The monoisotopic (exact) mass is 402 g/mol. The number of nitrogens with zero attached hydrogens (tertiary/aromatic N) is 1. The van der Waals surface area contributed by atoms with Crippen molar-refractivity contribution in [2.45, 2.75) is 24.3 Å². The molecule has 7 nitrogen and oxygen atoms in total. The van der Waals surface area contributed by atoms with Crippen molar-refractivity contribution in [2.75, 3.05) is 19.9 Å². The fourth-order valence-electron chi connectivity index (χ4n) is 3.50. The highest BCUT2D eigenvalue weighted by Crippen LogP contribution is 2.32. The van der Waals surface area contributed by atoms with Crippen molar-refractivity contribution in [2.24, 2.45) is 5.92 Å². The molecule has 1 saturated heterocycles. The van der Waals surface area contributed by atoms with E-state index in [1.165, 1.54) is 4.31 Å². The van der Waals surface area contributed by atoms with E-state index in [1.807, 2.05) is 18.2 Å². The minimum absolute atomic E-state index is 0.134. The molecule has 2 aromatic rings. The highest BCUT2D eigenvalue weighted by Gasteiger charge is 2.33. The van der Waals surface area contributed by atoms with Gasteiger partial charge in [-0.15, -0.1) is 0 Å². The van der Waals surface area contributed by atoms with Crippen LogP contribution in [0.4, 0.5) is 0 Å². The van der Waals surface area contributed by atoms with E-state index in [4.69, 9.17) is 9.47 Å². The van der Waals surface area contributed by atoms with Gasteiger partial charge in [-0.25, -0.2) is 8.42 Å². The Morgan fingerprint density at radius 2 is 1.89 bits per heavy atom. The van der Waals surface area contributed by atoms with Gasteiger partial charge in [0.25, 0.3) is 0 Å². The van der Waals surface area contributed by atoms with E-state index in [-0.39, 0.29) is 30.1 Å². The Hall–Kier alpha value is -2.58. The third-order valence-electron chi connectivity index (χ3n) is 5.04. The van der Waals surface area contributed by atoms with Crippen LogP contribution < -0.4 is 14.8 Å². The first-order valence-corrected chi connectivity index (χ1v) is 10.7. The maximum atomic E-state index is 12.8. The molecule has 1 N–H and O–H groups in total. The van der Waals surface area contributed by atoms with Gasteiger partial charge in [0.15, 0.2) is 11.5 Å². The lowest BCUT2D eigenvalue weighted by Crippen LogP contribution is -2.45. The quantitative estimate of drug-likeness (QED) is 0.828. The number of carbonyl (C=O) groups is 1. The SMILES string of the molecule is O=C(NCc1ccc2c(c1)OCO2)[C@H]1CCCN(S(=O)(=O)c2ccccc2)C1. The molecular formula is C20H22N2O5S. The summed E-state index contributed by atoms with van der Waals surface area (Å²) < 4.78 is 37.7. The summed E-state index contributed by atoms with van der Waals surface area (Å²) in [6, 6.07) is 13.9. The number of amides is 1. The molecule has 0 radical (unpaired) electrons. The van der Waals surface area contributed by atoms with Crippen LogP contribution in [0, 0.1) is 5.92 Å². The lowest BCUT2D eigenvalue weighted by molar-refractivity contribution is -0.126. The molecule has 2 aliphatic heterocycles. The molecule has 0 bridgehead atoms. The van der Waals surface area contributed by atoms with Crippen LogP contribution in [0.1, 0.15) is 18.4 Å². The van der Waals surface area contributed by atoms with E-state index in [0.717, 1.165) is 5.56 Å². The predicted molar refractivity (Wildman–Crippen MR) is 102 cm³/mol. The summed E-state index contributed by atoms with van der Waals surface area (Å²) in [6.07, 6.45) is 1.34. The second-order valence-corrected chi connectivity index (χ2v) is 8.86. The molecule has 1 fully saturated rings. The minimum Gasteiger partial charge on any atom is -0.454 e. The number of benzene rings is 2. The van der Waals surface area contributed by atoms with Crippen LogP contribution in [0.15, 0.2) is 53.4 Å². The van der Waals surface area contributed by atoms with Crippen molar-refractivity contribution < 1.29 is 22.7 Å². The van der Waals surface area contributed by atoms with Crippen LogP contribution in [0.2, 0.25) is 0 Å². The van der Waals surface area contributed by atoms with Crippen molar-refractivity contribution in [3.63, 3.8) is 0 Å². The van der Waals surface area contributed by atoms with Crippen LogP contribution in [0.3, 0.4) is 0 Å². The average molecular weight is 402 g/mol. The van der Waals surface area contributed by atoms with E-state index in [0.29, 0.717) is 37.4 Å². The molecule has 2 aromatic carbocycles. The van der Waals surface area contributed by atoms with E-state index < -0.39 is 10.0 Å². The summed E-state index contributed by atoms with van der Waals surface area (Å²) >= 11 is 0. The van der Waals surface area contributed by atoms with Crippen molar-refractivity contribution in [3.8, 4) is 11.5 Å². The van der Waals surface area contributed by atoms with Gasteiger partial charge in [-0.1, -0.05) is 24.3 Å². The van der Waals surface area contributed by atoms with Gasteiger partial charge in [0.05, 0.1) is 10.8 Å². The fraction of sp³-hybridized carbons (Fsp3) is 0.350. The number of sulfonamides is 1. The molecule has 8 heteroatoms. The molecule has 2 aliphatic rings. The van der Waals surface area contributed by atoms with Gasteiger partial charge in [-0.05, 0) is 42.7 Å². The largest absolute Gasteiger partial charge is 0.454 e. The molecule has 0 aromatic heterocycles. The van der Waals surface area contributed by atoms with Crippen LogP contribution in [-0.2, 0) is 21.4 Å². The first-order valence-electron chi connectivity index (χ1n) is 9.25. The molecule has 148 valence electrons. The Labute approximate surface area is 164 Å². The first kappa shape index (κ1) is 18.8. The maximum Gasteiger partial charge on any atom is 0.243 e. The molecule has 28 heavy (non-hydrogen) atoms. The number of hydrogen-bond donors (Lipinski definition) is 1. The van der Waals surface area contributed by atoms with Crippen LogP contribution in [0.25, 0.3) is 0 Å². The second kappa shape index (κ2) is 7.81. The van der Waals surface area contributed by atoms with Crippen molar-refractivity contribution in [1.29, 1.82) is 0 Å². The third-order valence-corrected chi connectivity index (χ3v) is 6.92. The molecule has 1 atom stereocenters. The van der Waals surface area contributed by atoms with Crippen molar-refractivity contribution >= 4 is 15.9 Å². The summed E-state index contributed by atoms with van der Waals surface area (Å²) in [4.78, 5) is 12.9. The summed E-state index contributed by atoms with van der Waals surface area (Å²) in [7, 11) is -3.58. The number of ether oxygens (including phenoxy) is 2. The van der Waals surface area contributed by atoms with Gasteiger partial charge >= 0.3 is 0 Å². The van der Waals surface area contributed by atoms with Gasteiger partial charge in [0, 0.05) is 19.6 Å². The predicted octanol–water partition coefficient (Wildman–Crippen LogP) is 2.13. The lowest BCUT2D eigenvalue weighted by Gasteiger charge is -2.31. The highest BCUT2D eigenvalue weighted by molar-refractivity contribution is 7.89. The van der Waals surface area contributed by atoms with Crippen molar-refractivity contribution in [1.82, 2.24) is 9.62 Å². The van der Waals surface area contributed by atoms with Gasteiger partial charge in [0.1, 0.15) is 0 Å². The number of rotatable bonds is 5. The zero-order chi connectivity index (χ0) is 19.6. The molecule has 0 saturated carbocycles. The molecular weight excluding hydrogens is 380 g/mol. The van der Waals surface area contributed by atoms with Gasteiger partial charge in [0.2, 0.25) is 22.7 Å². The summed E-state index contributed by atoms with van der Waals surface area (Å²) in [6.45, 7) is 1.20. The molecule has 0 aliphatic carbocycles. The van der Waals surface area contributed by atoms with Gasteiger partial charge < -0.3 is 14.8 Å². The average Bonchev–Trinajstić information content (AvgIpc) is 3.20. The molecule has 1 amide bonds.